The molecule has 1 N–H and O–H groups in total. The van der Waals surface area contributed by atoms with Crippen molar-refractivity contribution in [1.82, 2.24) is 10.3 Å². The van der Waals surface area contributed by atoms with Crippen LogP contribution in [0.1, 0.15) is 20.9 Å². The van der Waals surface area contributed by atoms with Crippen LogP contribution in [0, 0.1) is 6.92 Å². The maximum absolute atomic E-state index is 11.9. The first kappa shape index (κ1) is 13.1. The summed E-state index contributed by atoms with van der Waals surface area (Å²) in [6.07, 6.45) is 2.35. The molecule has 0 saturated heterocycles. The maximum Gasteiger partial charge on any atom is 0.254 e. The van der Waals surface area contributed by atoms with Crippen molar-refractivity contribution in [3.8, 4) is 0 Å². The van der Waals surface area contributed by atoms with Crippen LogP contribution in [0.5, 0.6) is 0 Å². The van der Waals surface area contributed by atoms with Crippen LogP contribution in [0.15, 0.2) is 29.8 Å². The summed E-state index contributed by atoms with van der Waals surface area (Å²) in [5.41, 5.74) is 1.23. The average molecular weight is 281 g/mol. The number of aromatic nitrogens is 1. The molecular formula is C13H13ClN2OS. The van der Waals surface area contributed by atoms with Crippen LogP contribution in [0.4, 0.5) is 0 Å². The lowest BCUT2D eigenvalue weighted by molar-refractivity contribution is 0.0954. The zero-order valence-electron chi connectivity index (χ0n) is 9.94. The Labute approximate surface area is 115 Å². The molecule has 0 aliphatic heterocycles. The van der Waals surface area contributed by atoms with E-state index in [1.807, 2.05) is 18.4 Å². The Balaban J connectivity index is 1.91. The quantitative estimate of drug-likeness (QED) is 0.935. The predicted octanol–water partition coefficient (Wildman–Crippen LogP) is 3.08. The third-order valence-corrected chi connectivity index (χ3v) is 3.72. The van der Waals surface area contributed by atoms with Crippen LogP contribution < -0.4 is 5.32 Å². The van der Waals surface area contributed by atoms with E-state index in [-0.39, 0.29) is 5.91 Å². The standard InChI is InChI=1S/C13H13ClN2OS/c1-9-7-12(14)11(8-16-9)13(17)15-5-4-10-3-2-6-18-10/h2-3,6-8H,4-5H2,1H3,(H,15,17). The van der Waals surface area contributed by atoms with E-state index < -0.39 is 0 Å². The molecule has 0 fully saturated rings. The Morgan fingerprint density at radius 2 is 2.39 bits per heavy atom. The highest BCUT2D eigenvalue weighted by Crippen LogP contribution is 2.15. The molecule has 18 heavy (non-hydrogen) atoms. The molecule has 94 valence electrons. The van der Waals surface area contributed by atoms with Gasteiger partial charge in [-0.15, -0.1) is 11.3 Å². The molecule has 2 heterocycles. The average Bonchev–Trinajstić information content (AvgIpc) is 2.81. The van der Waals surface area contributed by atoms with E-state index in [4.69, 9.17) is 11.6 Å². The van der Waals surface area contributed by atoms with Crippen LogP contribution in [0.2, 0.25) is 5.02 Å². The largest absolute Gasteiger partial charge is 0.352 e. The number of carbonyl (C=O) groups excluding carboxylic acids is 1. The van der Waals surface area contributed by atoms with Gasteiger partial charge in [0.25, 0.3) is 5.91 Å². The lowest BCUT2D eigenvalue weighted by atomic mass is 10.2. The highest BCUT2D eigenvalue weighted by atomic mass is 35.5. The molecule has 5 heteroatoms. The van der Waals surface area contributed by atoms with Crippen molar-refractivity contribution in [1.29, 1.82) is 0 Å². The van der Waals surface area contributed by atoms with Crippen LogP contribution in [-0.2, 0) is 6.42 Å². The van der Waals surface area contributed by atoms with Crippen LogP contribution in [0.25, 0.3) is 0 Å². The summed E-state index contributed by atoms with van der Waals surface area (Å²) >= 11 is 7.69. The summed E-state index contributed by atoms with van der Waals surface area (Å²) in [7, 11) is 0. The summed E-state index contributed by atoms with van der Waals surface area (Å²) < 4.78 is 0. The van der Waals surface area contributed by atoms with Crippen molar-refractivity contribution in [2.45, 2.75) is 13.3 Å². The molecule has 0 aliphatic rings. The van der Waals surface area contributed by atoms with Gasteiger partial charge in [-0.05, 0) is 30.9 Å². The molecule has 0 bridgehead atoms. The molecule has 2 aromatic rings. The zero-order chi connectivity index (χ0) is 13.0. The molecule has 2 aromatic heterocycles. The number of halogens is 1. The fourth-order valence-corrected chi connectivity index (χ4v) is 2.54. The van der Waals surface area contributed by atoms with Crippen molar-refractivity contribution in [3.63, 3.8) is 0 Å². The third kappa shape index (κ3) is 3.31. The van der Waals surface area contributed by atoms with Crippen molar-refractivity contribution in [2.75, 3.05) is 6.54 Å². The third-order valence-electron chi connectivity index (χ3n) is 2.47. The Morgan fingerprint density at radius 3 is 3.06 bits per heavy atom. The van der Waals surface area contributed by atoms with E-state index in [9.17, 15) is 4.79 Å². The van der Waals surface area contributed by atoms with Crippen LogP contribution in [-0.4, -0.2) is 17.4 Å². The summed E-state index contributed by atoms with van der Waals surface area (Å²) in [5.74, 6) is -0.177. The molecule has 0 spiro atoms. The van der Waals surface area contributed by atoms with Gasteiger partial charge in [-0.3, -0.25) is 9.78 Å². The number of nitrogens with one attached hydrogen (secondary N) is 1. The smallest absolute Gasteiger partial charge is 0.254 e. The number of amides is 1. The fourth-order valence-electron chi connectivity index (χ4n) is 1.54. The normalized spacial score (nSPS) is 10.3. The molecule has 0 saturated carbocycles. The van der Waals surface area contributed by atoms with E-state index in [1.54, 1.807) is 17.4 Å². The highest BCUT2D eigenvalue weighted by Gasteiger charge is 2.10. The van der Waals surface area contributed by atoms with Crippen molar-refractivity contribution >= 4 is 28.8 Å². The van der Waals surface area contributed by atoms with Crippen LogP contribution >= 0.6 is 22.9 Å². The van der Waals surface area contributed by atoms with Gasteiger partial charge in [-0.1, -0.05) is 17.7 Å². The summed E-state index contributed by atoms with van der Waals surface area (Å²) in [4.78, 5) is 17.2. The van der Waals surface area contributed by atoms with Gasteiger partial charge >= 0.3 is 0 Å². The van der Waals surface area contributed by atoms with Crippen molar-refractivity contribution < 1.29 is 4.79 Å². The summed E-state index contributed by atoms with van der Waals surface area (Å²) in [6.45, 7) is 2.44. The second-order valence-electron chi connectivity index (χ2n) is 3.89. The van der Waals surface area contributed by atoms with Gasteiger partial charge in [0.1, 0.15) is 0 Å². The molecule has 0 aromatic carbocycles. The number of nitrogens with zero attached hydrogens (tertiary/aromatic N) is 1. The molecule has 0 atom stereocenters. The Morgan fingerprint density at radius 1 is 1.56 bits per heavy atom. The first-order valence-electron chi connectivity index (χ1n) is 5.59. The molecule has 2 rings (SSSR count). The molecular weight excluding hydrogens is 268 g/mol. The Hall–Kier alpha value is -1.39. The lowest BCUT2D eigenvalue weighted by Crippen LogP contribution is -2.26. The SMILES string of the molecule is Cc1cc(Cl)c(C(=O)NCCc2cccs2)cn1. The van der Waals surface area contributed by atoms with Gasteiger partial charge in [0, 0.05) is 23.3 Å². The first-order chi connectivity index (χ1) is 8.66. The predicted molar refractivity (Wildman–Crippen MR) is 74.3 cm³/mol. The zero-order valence-corrected chi connectivity index (χ0v) is 11.5. The van der Waals surface area contributed by atoms with Gasteiger partial charge in [0.15, 0.2) is 0 Å². The monoisotopic (exact) mass is 280 g/mol. The minimum absolute atomic E-state index is 0.177. The first-order valence-corrected chi connectivity index (χ1v) is 6.85. The fraction of sp³-hybridized carbons (Fsp3) is 0.231. The van der Waals surface area contributed by atoms with Gasteiger partial charge < -0.3 is 5.32 Å². The van der Waals surface area contributed by atoms with E-state index in [2.05, 4.69) is 16.4 Å². The van der Waals surface area contributed by atoms with E-state index in [0.29, 0.717) is 17.1 Å². The van der Waals surface area contributed by atoms with E-state index in [1.165, 1.54) is 11.1 Å². The van der Waals surface area contributed by atoms with Gasteiger partial charge in [0.05, 0.1) is 10.6 Å². The molecule has 0 aliphatic carbocycles. The minimum Gasteiger partial charge on any atom is -0.352 e. The summed E-state index contributed by atoms with van der Waals surface area (Å²) in [6, 6.07) is 5.75. The second-order valence-corrected chi connectivity index (χ2v) is 5.33. The number of aryl methyl sites for hydroxylation is 1. The maximum atomic E-state index is 11.9. The van der Waals surface area contributed by atoms with Crippen molar-refractivity contribution in [3.05, 3.63) is 50.9 Å². The van der Waals surface area contributed by atoms with Crippen LogP contribution in [0.3, 0.4) is 0 Å². The molecule has 0 unspecified atom stereocenters. The molecule has 0 radical (unpaired) electrons. The summed E-state index contributed by atoms with van der Waals surface area (Å²) in [5, 5.41) is 5.31. The van der Waals surface area contributed by atoms with E-state index >= 15 is 0 Å². The number of hydrogen-bond donors (Lipinski definition) is 1. The van der Waals surface area contributed by atoms with Gasteiger partial charge in [-0.25, -0.2) is 0 Å². The number of carbonyl (C=O) groups is 1. The van der Waals surface area contributed by atoms with E-state index in [0.717, 1.165) is 12.1 Å². The molecule has 3 nitrogen and oxygen atoms in total. The number of hydrogen-bond acceptors (Lipinski definition) is 3. The molecule has 1 amide bonds. The van der Waals surface area contributed by atoms with Gasteiger partial charge in [-0.2, -0.15) is 0 Å². The van der Waals surface area contributed by atoms with Gasteiger partial charge in [0.2, 0.25) is 0 Å². The number of rotatable bonds is 4. The Kier molecular flexibility index (Phi) is 4.33. The Bertz CT molecular complexity index is 540. The van der Waals surface area contributed by atoms with Crippen molar-refractivity contribution in [2.24, 2.45) is 0 Å². The topological polar surface area (TPSA) is 42.0 Å². The minimum atomic E-state index is -0.177. The lowest BCUT2D eigenvalue weighted by Gasteiger charge is -2.06. The number of thiophene rings is 1. The second kappa shape index (κ2) is 5.98. The number of pyridine rings is 1. The highest BCUT2D eigenvalue weighted by molar-refractivity contribution is 7.09.